The molecule has 33 nitrogen and oxygen atoms in total. The maximum atomic E-state index is 15.5. The number of carboxylic acids is 2. The van der Waals surface area contributed by atoms with Crippen LogP contribution in [0.4, 0.5) is 41.5 Å². The van der Waals surface area contributed by atoms with Crippen LogP contribution in [0.15, 0.2) is 94.6 Å². The monoisotopic (exact) mass is 1560 g/mol. The van der Waals surface area contributed by atoms with Gasteiger partial charge >= 0.3 is 42.0 Å². The Morgan fingerprint density at radius 3 is 2.06 bits per heavy atom. The van der Waals surface area contributed by atoms with Gasteiger partial charge in [-0.3, -0.25) is 33.5 Å². The van der Waals surface area contributed by atoms with E-state index in [-0.39, 0.29) is 123 Å². The first-order chi connectivity index (χ1) is 53.1. The predicted octanol–water partition coefficient (Wildman–Crippen LogP) is 6.70. The lowest BCUT2D eigenvalue weighted by Crippen LogP contribution is -2.57. The average Bonchev–Trinajstić information content (AvgIpc) is 1.72. The fourth-order valence-corrected chi connectivity index (χ4v) is 15.1. The summed E-state index contributed by atoms with van der Waals surface area (Å²) in [5.41, 5.74) is 3.05. The van der Waals surface area contributed by atoms with E-state index in [9.17, 15) is 71.4 Å². The van der Waals surface area contributed by atoms with Crippen LogP contribution < -0.4 is 58.1 Å². The van der Waals surface area contributed by atoms with Crippen molar-refractivity contribution in [1.29, 1.82) is 0 Å². The average molecular weight is 1560 g/mol. The molecule has 0 saturated carbocycles. The summed E-state index contributed by atoms with van der Waals surface area (Å²) in [5, 5.41) is 44.8. The number of anilines is 4. The zero-order valence-corrected chi connectivity index (χ0v) is 63.1. The number of fused-ring (bicyclic) bond motifs is 5. The molecule has 35 heteroatoms. The topological polar surface area (TPSA) is 450 Å². The van der Waals surface area contributed by atoms with Gasteiger partial charge in [-0.05, 0) is 141 Å². The summed E-state index contributed by atoms with van der Waals surface area (Å²) in [6, 6.07) is 13.2. The van der Waals surface area contributed by atoms with Crippen LogP contribution in [0.1, 0.15) is 137 Å². The van der Waals surface area contributed by atoms with E-state index in [1.165, 1.54) is 78.9 Å². The minimum atomic E-state index is -4.19. The third-order valence-corrected chi connectivity index (χ3v) is 20.8. The molecule has 1 aliphatic carbocycles. The first-order valence-corrected chi connectivity index (χ1v) is 38.2. The Morgan fingerprint density at radius 2 is 1.39 bits per heavy atom. The van der Waals surface area contributed by atoms with E-state index in [0.717, 1.165) is 27.0 Å². The normalized spacial score (nSPS) is 16.9. The number of aliphatic carboxylic acids is 2. The van der Waals surface area contributed by atoms with Gasteiger partial charge in [-0.1, -0.05) is 52.8 Å². The maximum absolute atomic E-state index is 15.5. The van der Waals surface area contributed by atoms with Gasteiger partial charge in [0.1, 0.15) is 30.5 Å². The van der Waals surface area contributed by atoms with Crippen molar-refractivity contribution in [2.45, 2.75) is 153 Å². The molecule has 594 valence electrons. The molecule has 4 aliphatic rings. The maximum Gasteiger partial charge on any atom is 0.355 e. The molecule has 4 aromatic carbocycles. The molecule has 10 rings (SSSR count). The van der Waals surface area contributed by atoms with E-state index in [1.807, 2.05) is 13.8 Å². The minimum absolute atomic E-state index is 0.0142. The Morgan fingerprint density at radius 1 is 0.730 bits per heavy atom. The van der Waals surface area contributed by atoms with Crippen LogP contribution in [0.5, 0.6) is 0 Å². The molecule has 6 aromatic rings. The van der Waals surface area contributed by atoms with Gasteiger partial charge in [0.05, 0.1) is 92.4 Å². The highest BCUT2D eigenvalue weighted by molar-refractivity contribution is 7.92. The molecular weight excluding hydrogens is 1470 g/mol. The fourth-order valence-electron chi connectivity index (χ4n) is 14.0. The number of carbonyl (C=O) groups is 10. The van der Waals surface area contributed by atoms with Crippen LogP contribution in [-0.4, -0.2) is 177 Å². The molecule has 6 unspecified atom stereocenters. The number of ether oxygens (including phenoxy) is 5. The highest BCUT2D eigenvalue weighted by atomic mass is 32.2. The predicted molar refractivity (Wildman–Crippen MR) is 402 cm³/mol. The van der Waals surface area contributed by atoms with Crippen LogP contribution in [0.3, 0.4) is 0 Å². The molecule has 3 aliphatic heterocycles. The number of cyclic esters (lactones) is 1. The van der Waals surface area contributed by atoms with Gasteiger partial charge in [-0.2, -0.15) is 0 Å². The molecule has 111 heavy (non-hydrogen) atoms. The van der Waals surface area contributed by atoms with Crippen LogP contribution >= 0.6 is 0 Å². The van der Waals surface area contributed by atoms with Crippen LogP contribution in [0.25, 0.3) is 22.3 Å². The number of carbonyl (C=O) groups excluding carboxylic acids is 8. The molecule has 12 N–H and O–H groups in total. The molecule has 5 heterocycles. The van der Waals surface area contributed by atoms with E-state index in [4.69, 9.17) is 28.7 Å². The first-order valence-electron chi connectivity index (χ1n) is 36.8. The number of esters is 2. The zero-order valence-electron chi connectivity index (χ0n) is 62.3. The lowest BCUT2D eigenvalue weighted by molar-refractivity contribution is -0.191. The van der Waals surface area contributed by atoms with Gasteiger partial charge in [-0.15, -0.1) is 0 Å². The summed E-state index contributed by atoms with van der Waals surface area (Å²) >= 11 is 0. The number of carboxylic acid groups (broad SMARTS) is 2. The van der Waals surface area contributed by atoms with E-state index < -0.39 is 136 Å². The van der Waals surface area contributed by atoms with Crippen molar-refractivity contribution in [3.8, 4) is 11.4 Å². The van der Waals surface area contributed by atoms with Crippen LogP contribution in [0, 0.1) is 18.7 Å². The standard InChI is InChI=1S/C76H92FN13O20S/c1-7-25-79-73(101)83-47-14-11-16-49(35-47)111(104,105)88-48-15-10-13-44(34-48)56(38-62(92)93)86-75(103)82-46-20-18-45(19-21-46)81-74(102)80-26-29-107-31-33-108-32-30-106-28-24-61(91)84-58(39-63(94)95)70(98)89-27-12-17-59(89)68(96)87-66(42(4)5)71(99)110-76(8-2)53-36-60-67-51(40-90(60)69(97)52(53)41-109-72(76)100)65-55(78-9-3)23-22-50-43(6)54(77)37-57(85-67)64(50)65/h10-11,13-16,18-21,34-37,42,55-56,58-59,66,78,88H,7-9,12,17,22-33,38-41H2,1-6H3,(H,84,91)(H,87,96)(H,92,93)(H,94,95)(H2,79,83,101)(H2,80,81,102)(H2,82,86,103). The van der Waals surface area contributed by atoms with Gasteiger partial charge in [0.2, 0.25) is 23.3 Å². The van der Waals surface area contributed by atoms with Gasteiger partial charge in [0, 0.05) is 77.4 Å². The fraction of sp³-hybridized carbons (Fsp3) is 0.447. The minimum Gasteiger partial charge on any atom is -0.481 e. The Kier molecular flexibility index (Phi) is 27.5. The second kappa shape index (κ2) is 37.0. The highest BCUT2D eigenvalue weighted by Gasteiger charge is 2.52. The summed E-state index contributed by atoms with van der Waals surface area (Å²) in [7, 11) is -4.19. The molecule has 2 aromatic heterocycles. The van der Waals surface area contributed by atoms with Gasteiger partial charge in [0.15, 0.2) is 0 Å². The molecule has 1 fully saturated rings. The molecule has 0 spiro atoms. The van der Waals surface area contributed by atoms with Gasteiger partial charge < -0.3 is 91.2 Å². The SMILES string of the molecule is CCCNC(=O)Nc1cccc(S(=O)(=O)Nc2cccc(C(CC(=O)O)NC(=O)Nc3ccc(NC(=O)NCCOCCOCCOCCC(=O)NC(CC(=O)O)C(=O)N4CCCC4C(=O)NC(C(=O)OC4(CC)C(=O)OCc5c4cc4n(c5=O)Cc5c-4nc4cc(F)c(C)c6c4c5C(NCC)CC6)C(C)C)cc3)c2)c1. The number of hydrogen-bond acceptors (Lipinski definition) is 20. The molecule has 6 atom stereocenters. The number of urea groups is 3. The largest absolute Gasteiger partial charge is 0.481 e. The summed E-state index contributed by atoms with van der Waals surface area (Å²) in [6.45, 7) is 11.8. The second-order valence-electron chi connectivity index (χ2n) is 27.4. The van der Waals surface area contributed by atoms with E-state index >= 15 is 4.39 Å². The second-order valence-corrected chi connectivity index (χ2v) is 29.1. The number of aromatic nitrogens is 2. The van der Waals surface area contributed by atoms with Crippen molar-refractivity contribution < 1.29 is 94.7 Å². The number of nitrogens with zero attached hydrogens (tertiary/aromatic N) is 3. The highest BCUT2D eigenvalue weighted by Crippen LogP contribution is 2.47. The van der Waals surface area contributed by atoms with Crippen molar-refractivity contribution in [2.24, 2.45) is 5.92 Å². The number of halogens is 1. The summed E-state index contributed by atoms with van der Waals surface area (Å²) in [5.74, 6) is -8.06. The summed E-state index contributed by atoms with van der Waals surface area (Å²) in [4.78, 5) is 153. The van der Waals surface area contributed by atoms with Crippen LogP contribution in [0.2, 0.25) is 0 Å². The number of hydrogen-bond donors (Lipinski definition) is 12. The van der Waals surface area contributed by atoms with Crippen molar-refractivity contribution >= 4 is 103 Å². The Bertz CT molecular complexity index is 4720. The summed E-state index contributed by atoms with van der Waals surface area (Å²) < 4.78 is 74.7. The van der Waals surface area contributed by atoms with Crippen molar-refractivity contribution in [3.63, 3.8) is 0 Å². The summed E-state index contributed by atoms with van der Waals surface area (Å²) in [6.07, 6.45) is 0.606. The zero-order chi connectivity index (χ0) is 79.8. The number of nitrogens with one attached hydrogen (secondary N) is 10. The molecule has 0 radical (unpaired) electrons. The number of amides is 9. The number of benzene rings is 4. The van der Waals surface area contributed by atoms with Crippen molar-refractivity contribution in [3.05, 3.63) is 140 Å². The van der Waals surface area contributed by atoms with Gasteiger partial charge in [0.25, 0.3) is 15.6 Å². The Balaban J connectivity index is 0.625. The number of rotatable bonds is 36. The first kappa shape index (κ1) is 82.4. The molecule has 0 bridgehead atoms. The van der Waals surface area contributed by atoms with E-state index in [0.29, 0.717) is 66.9 Å². The lowest BCUT2D eigenvalue weighted by Gasteiger charge is -2.37. The van der Waals surface area contributed by atoms with Crippen LogP contribution in [-0.2, 0) is 92.4 Å². The number of pyridine rings is 2. The molecule has 9 amide bonds. The lowest BCUT2D eigenvalue weighted by atomic mass is 9.81. The number of likely N-dealkylation sites (tertiary alicyclic amines) is 1. The Labute approximate surface area is 638 Å². The number of aryl methyl sites for hydroxylation is 1. The van der Waals surface area contributed by atoms with Gasteiger partial charge in [-0.25, -0.2) is 41.8 Å². The third kappa shape index (κ3) is 19.9. The molecular formula is C76H92FN13O20S. The molecule has 1 saturated heterocycles. The van der Waals surface area contributed by atoms with E-state index in [2.05, 4.69) is 52.6 Å². The van der Waals surface area contributed by atoms with Crippen molar-refractivity contribution in [2.75, 3.05) is 86.5 Å². The number of sulfonamides is 1. The Hall–Kier alpha value is -11.1. The third-order valence-electron chi connectivity index (χ3n) is 19.5. The quantitative estimate of drug-likeness (QED) is 0.0144. The van der Waals surface area contributed by atoms with E-state index in [1.54, 1.807) is 38.3 Å². The smallest absolute Gasteiger partial charge is 0.355 e. The van der Waals surface area contributed by atoms with Crippen molar-refractivity contribution in [1.82, 2.24) is 46.4 Å².